The Morgan fingerprint density at radius 3 is 2.16 bits per heavy atom. The summed E-state index contributed by atoms with van der Waals surface area (Å²) in [7, 11) is 0. The van der Waals surface area contributed by atoms with Crippen LogP contribution in [0.4, 0.5) is 27.6 Å². The molecule has 0 bridgehead atoms. The second-order valence-corrected chi connectivity index (χ2v) is 7.44. The van der Waals surface area contributed by atoms with E-state index in [2.05, 4.69) is 10.3 Å². The number of benzene rings is 2. The number of aromatic nitrogens is 1. The lowest BCUT2D eigenvalue weighted by atomic mass is 9.74. The van der Waals surface area contributed by atoms with Crippen molar-refractivity contribution in [2.24, 2.45) is 5.41 Å². The first-order chi connectivity index (χ1) is 14.8. The maximum atomic E-state index is 14.3. The molecule has 1 atom stereocenters. The normalized spacial score (nSPS) is 13.3. The van der Waals surface area contributed by atoms with Crippen LogP contribution in [0.25, 0.3) is 10.9 Å². The van der Waals surface area contributed by atoms with Crippen molar-refractivity contribution >= 4 is 22.5 Å². The second kappa shape index (κ2) is 8.99. The monoisotopic (exact) mass is 436 g/mol. The Balaban J connectivity index is 2.04. The van der Waals surface area contributed by atoms with Gasteiger partial charge >= 0.3 is 0 Å². The predicted molar refractivity (Wildman–Crippen MR) is 108 cm³/mol. The van der Waals surface area contributed by atoms with E-state index < -0.39 is 52.4 Å². The lowest BCUT2D eigenvalue weighted by Crippen LogP contribution is -2.38. The fourth-order valence-corrected chi connectivity index (χ4v) is 3.83. The Morgan fingerprint density at radius 1 is 0.935 bits per heavy atom. The fourth-order valence-electron chi connectivity index (χ4n) is 3.83. The van der Waals surface area contributed by atoms with E-state index in [1.54, 1.807) is 38.2 Å². The van der Waals surface area contributed by atoms with E-state index in [1.807, 2.05) is 12.1 Å². The maximum Gasteiger partial charge on any atom is 0.230 e. The molecule has 2 aromatic carbocycles. The first kappa shape index (κ1) is 22.7. The van der Waals surface area contributed by atoms with Crippen molar-refractivity contribution in [3.63, 3.8) is 0 Å². The van der Waals surface area contributed by atoms with Crippen LogP contribution in [-0.2, 0) is 11.2 Å². The average Bonchev–Trinajstić information content (AvgIpc) is 2.78. The number of pyridine rings is 1. The van der Waals surface area contributed by atoms with Gasteiger partial charge in [0.25, 0.3) is 0 Å². The summed E-state index contributed by atoms with van der Waals surface area (Å²) in [5, 5.41) is 3.53. The van der Waals surface area contributed by atoms with Crippen molar-refractivity contribution in [1.82, 2.24) is 4.98 Å². The third-order valence-corrected chi connectivity index (χ3v) is 5.58. The number of amides is 1. The maximum absolute atomic E-state index is 14.3. The molecule has 0 saturated carbocycles. The van der Waals surface area contributed by atoms with Crippen LogP contribution >= 0.6 is 0 Å². The number of nitrogens with one attached hydrogen (secondary N) is 1. The van der Waals surface area contributed by atoms with Gasteiger partial charge in [0.1, 0.15) is 0 Å². The van der Waals surface area contributed by atoms with Crippen LogP contribution in [-0.4, -0.2) is 10.9 Å². The van der Waals surface area contributed by atoms with E-state index >= 15 is 0 Å². The molecule has 8 heteroatoms. The summed E-state index contributed by atoms with van der Waals surface area (Å²) in [6.07, 6.45) is 1.71. The van der Waals surface area contributed by atoms with Gasteiger partial charge in [-0.25, -0.2) is 22.0 Å². The highest BCUT2D eigenvalue weighted by Gasteiger charge is 2.39. The molecule has 1 amide bonds. The third kappa shape index (κ3) is 4.11. The summed E-state index contributed by atoms with van der Waals surface area (Å²) in [4.78, 5) is 17.6. The van der Waals surface area contributed by atoms with Gasteiger partial charge in [0.15, 0.2) is 23.3 Å². The van der Waals surface area contributed by atoms with E-state index in [-0.39, 0.29) is 12.8 Å². The highest BCUT2D eigenvalue weighted by atomic mass is 19.2. The highest BCUT2D eigenvalue weighted by molar-refractivity contribution is 6.02. The molecular formula is C23H21F5N2O. The molecule has 0 spiro atoms. The standard InChI is InChI=1S/C23H21F5N2O/c1-3-10-23(4-2,12-14-16(24)18(26)20(28)19(27)17(14)25)22(31)30-15-9-5-7-13-8-6-11-29-21(13)15/h5-9,11H,3-4,10,12H2,1-2H3,(H,30,31). The smallest absolute Gasteiger partial charge is 0.230 e. The minimum atomic E-state index is -2.22. The Kier molecular flexibility index (Phi) is 6.57. The zero-order valence-corrected chi connectivity index (χ0v) is 17.0. The zero-order chi connectivity index (χ0) is 22.8. The van der Waals surface area contributed by atoms with Gasteiger partial charge < -0.3 is 5.32 Å². The molecule has 1 unspecified atom stereocenters. The lowest BCUT2D eigenvalue weighted by Gasteiger charge is -2.32. The van der Waals surface area contributed by atoms with Gasteiger partial charge in [0, 0.05) is 17.1 Å². The van der Waals surface area contributed by atoms with Crippen LogP contribution < -0.4 is 5.32 Å². The highest BCUT2D eigenvalue weighted by Crippen LogP contribution is 2.37. The number of rotatable bonds is 7. The molecule has 3 aromatic rings. The van der Waals surface area contributed by atoms with Crippen molar-refractivity contribution in [3.05, 3.63) is 71.2 Å². The van der Waals surface area contributed by atoms with Crippen molar-refractivity contribution in [3.8, 4) is 0 Å². The predicted octanol–water partition coefficient (Wildman–Crippen LogP) is 6.31. The number of para-hydroxylation sites is 1. The molecule has 0 radical (unpaired) electrons. The number of anilines is 1. The summed E-state index contributed by atoms with van der Waals surface area (Å²) in [6, 6.07) is 8.72. The zero-order valence-electron chi connectivity index (χ0n) is 17.0. The van der Waals surface area contributed by atoms with Gasteiger partial charge in [-0.15, -0.1) is 0 Å². The molecule has 1 aromatic heterocycles. The van der Waals surface area contributed by atoms with Crippen molar-refractivity contribution < 1.29 is 26.7 Å². The number of carbonyl (C=O) groups excluding carboxylic acids is 1. The summed E-state index contributed by atoms with van der Waals surface area (Å²) >= 11 is 0. The first-order valence-corrected chi connectivity index (χ1v) is 9.91. The number of hydrogen-bond donors (Lipinski definition) is 1. The van der Waals surface area contributed by atoms with Crippen LogP contribution in [0.3, 0.4) is 0 Å². The van der Waals surface area contributed by atoms with Crippen molar-refractivity contribution in [2.75, 3.05) is 5.32 Å². The quantitative estimate of drug-likeness (QED) is 0.268. The summed E-state index contributed by atoms with van der Waals surface area (Å²) in [6.45, 7) is 3.42. The van der Waals surface area contributed by atoms with Crippen LogP contribution in [0.15, 0.2) is 36.5 Å². The molecule has 0 fully saturated rings. The van der Waals surface area contributed by atoms with Crippen LogP contribution in [0.1, 0.15) is 38.7 Å². The molecule has 0 aliphatic rings. The van der Waals surface area contributed by atoms with E-state index in [0.717, 1.165) is 5.39 Å². The van der Waals surface area contributed by atoms with Gasteiger partial charge in [-0.2, -0.15) is 0 Å². The number of halogens is 5. The van der Waals surface area contributed by atoms with Crippen molar-refractivity contribution in [1.29, 1.82) is 0 Å². The Morgan fingerprint density at radius 2 is 1.55 bits per heavy atom. The van der Waals surface area contributed by atoms with Gasteiger partial charge in [-0.05, 0) is 31.4 Å². The molecular weight excluding hydrogens is 415 g/mol. The van der Waals surface area contributed by atoms with Gasteiger partial charge in [0.05, 0.1) is 16.6 Å². The number of hydrogen-bond acceptors (Lipinski definition) is 2. The van der Waals surface area contributed by atoms with Gasteiger partial charge in [0.2, 0.25) is 11.7 Å². The minimum Gasteiger partial charge on any atom is -0.324 e. The number of carbonyl (C=O) groups is 1. The first-order valence-electron chi connectivity index (χ1n) is 9.91. The van der Waals surface area contributed by atoms with E-state index in [4.69, 9.17) is 0 Å². The summed E-state index contributed by atoms with van der Waals surface area (Å²) in [5.74, 6) is -10.7. The topological polar surface area (TPSA) is 42.0 Å². The van der Waals surface area contributed by atoms with Crippen LogP contribution in [0.5, 0.6) is 0 Å². The van der Waals surface area contributed by atoms with Crippen LogP contribution in [0, 0.1) is 34.5 Å². The number of fused-ring (bicyclic) bond motifs is 1. The molecule has 0 aliphatic carbocycles. The minimum absolute atomic E-state index is 0.129. The van der Waals surface area contributed by atoms with E-state index in [1.165, 1.54) is 0 Å². The summed E-state index contributed by atoms with van der Waals surface area (Å²) < 4.78 is 69.6. The second-order valence-electron chi connectivity index (χ2n) is 7.44. The summed E-state index contributed by atoms with van der Waals surface area (Å²) in [5.41, 5.74) is -1.45. The molecule has 0 saturated heterocycles. The molecule has 1 N–H and O–H groups in total. The molecule has 164 valence electrons. The van der Waals surface area contributed by atoms with Crippen molar-refractivity contribution in [2.45, 2.75) is 39.5 Å². The Hall–Kier alpha value is -3.03. The van der Waals surface area contributed by atoms with Gasteiger partial charge in [-0.3, -0.25) is 9.78 Å². The molecule has 31 heavy (non-hydrogen) atoms. The largest absolute Gasteiger partial charge is 0.324 e. The van der Waals surface area contributed by atoms with Gasteiger partial charge in [-0.1, -0.05) is 38.5 Å². The van der Waals surface area contributed by atoms with Crippen LogP contribution in [0.2, 0.25) is 0 Å². The third-order valence-electron chi connectivity index (χ3n) is 5.58. The van der Waals surface area contributed by atoms with E-state index in [9.17, 15) is 26.7 Å². The molecule has 1 heterocycles. The number of nitrogens with zero attached hydrogens (tertiary/aromatic N) is 1. The molecule has 3 nitrogen and oxygen atoms in total. The SMILES string of the molecule is CCCC(CC)(Cc1c(F)c(F)c(F)c(F)c1F)C(=O)Nc1cccc2cccnc12. The van der Waals surface area contributed by atoms with E-state index in [0.29, 0.717) is 17.6 Å². The lowest BCUT2D eigenvalue weighted by molar-refractivity contribution is -0.126. The Labute approximate surface area is 176 Å². The fraction of sp³-hybridized carbons (Fsp3) is 0.304. The molecule has 3 rings (SSSR count). The molecule has 0 aliphatic heterocycles. The average molecular weight is 436 g/mol. The Bertz CT molecular complexity index is 1100.